The number of amides is 2. The van der Waals surface area contributed by atoms with E-state index >= 15 is 0 Å². The lowest BCUT2D eigenvalue weighted by atomic mass is 10.2. The first kappa shape index (κ1) is 22.3. The Morgan fingerprint density at radius 2 is 1.83 bits per heavy atom. The molecule has 0 aliphatic rings. The van der Waals surface area contributed by atoms with Crippen molar-refractivity contribution in [3.05, 3.63) is 58.1 Å². The summed E-state index contributed by atoms with van der Waals surface area (Å²) in [4.78, 5) is 35.5. The smallest absolute Gasteiger partial charge is 0.313 e. The minimum Gasteiger partial charge on any atom is -0.426 e. The van der Waals surface area contributed by atoms with E-state index in [1.807, 2.05) is 0 Å². The summed E-state index contributed by atoms with van der Waals surface area (Å²) in [6, 6.07) is 11.6. The normalized spacial score (nSPS) is 10.8. The number of esters is 1. The lowest BCUT2D eigenvalue weighted by Crippen LogP contribution is -2.18. The largest absolute Gasteiger partial charge is 0.426 e. The highest BCUT2D eigenvalue weighted by atomic mass is 79.9. The molecule has 0 aliphatic carbocycles. The zero-order valence-corrected chi connectivity index (χ0v) is 17.9. The third-order valence-electron chi connectivity index (χ3n) is 3.78. The fraction of sp³-hybridized carbons (Fsp3) is 0.238. The van der Waals surface area contributed by atoms with Crippen molar-refractivity contribution in [1.29, 1.82) is 0 Å². The highest BCUT2D eigenvalue weighted by Gasteiger charge is 2.12. The standard InChI is InChI=1S/C21H22BrN3O4/c1-4-19(26)24-17-8-5-14(6-9-17)20(27)25-23-12-15-11-16(22)7-10-18(15)29-21(28)13(2)3/h5-13H,4H2,1-3H3,(H,24,26)(H,25,27)/b23-12-. The van der Waals surface area contributed by atoms with Crippen LogP contribution in [0.5, 0.6) is 5.75 Å². The molecule has 2 N–H and O–H groups in total. The van der Waals surface area contributed by atoms with Crippen LogP contribution in [0.1, 0.15) is 43.1 Å². The van der Waals surface area contributed by atoms with Crippen LogP contribution in [0.15, 0.2) is 52.0 Å². The van der Waals surface area contributed by atoms with Crippen molar-refractivity contribution in [3.8, 4) is 5.75 Å². The van der Waals surface area contributed by atoms with Gasteiger partial charge in [0.2, 0.25) is 5.91 Å². The Hall–Kier alpha value is -3.00. The summed E-state index contributed by atoms with van der Waals surface area (Å²) in [6.07, 6.45) is 1.78. The molecule has 0 radical (unpaired) electrons. The zero-order valence-electron chi connectivity index (χ0n) is 16.4. The van der Waals surface area contributed by atoms with E-state index in [1.54, 1.807) is 63.2 Å². The van der Waals surface area contributed by atoms with Crippen molar-refractivity contribution < 1.29 is 19.1 Å². The van der Waals surface area contributed by atoms with Crippen molar-refractivity contribution in [1.82, 2.24) is 5.43 Å². The number of hydrazone groups is 1. The molecule has 0 heterocycles. The summed E-state index contributed by atoms with van der Waals surface area (Å²) >= 11 is 3.36. The van der Waals surface area contributed by atoms with Gasteiger partial charge in [0.05, 0.1) is 12.1 Å². The average molecular weight is 460 g/mol. The highest BCUT2D eigenvalue weighted by molar-refractivity contribution is 9.10. The minimum absolute atomic E-state index is 0.102. The van der Waals surface area contributed by atoms with E-state index in [0.29, 0.717) is 29.0 Å². The predicted molar refractivity (Wildman–Crippen MR) is 115 cm³/mol. The molecule has 0 fully saturated rings. The van der Waals surface area contributed by atoms with E-state index in [-0.39, 0.29) is 17.8 Å². The number of carbonyl (C=O) groups excluding carboxylic acids is 3. The van der Waals surface area contributed by atoms with Gasteiger partial charge in [0.1, 0.15) is 5.75 Å². The first-order valence-corrected chi connectivity index (χ1v) is 9.84. The lowest BCUT2D eigenvalue weighted by molar-refractivity contribution is -0.137. The molecule has 152 valence electrons. The first-order chi connectivity index (χ1) is 13.8. The number of anilines is 1. The fourth-order valence-electron chi connectivity index (χ4n) is 2.12. The first-order valence-electron chi connectivity index (χ1n) is 9.04. The number of nitrogens with one attached hydrogen (secondary N) is 2. The molecule has 2 aromatic rings. The topological polar surface area (TPSA) is 96.9 Å². The van der Waals surface area contributed by atoms with Crippen LogP contribution in [0.3, 0.4) is 0 Å². The number of hydrogen-bond donors (Lipinski definition) is 2. The van der Waals surface area contributed by atoms with Crippen molar-refractivity contribution in [2.75, 3.05) is 5.32 Å². The summed E-state index contributed by atoms with van der Waals surface area (Å²) in [6.45, 7) is 5.25. The number of rotatable bonds is 7. The van der Waals surface area contributed by atoms with Crippen LogP contribution in [0, 0.1) is 5.92 Å². The van der Waals surface area contributed by atoms with Crippen molar-refractivity contribution in [2.24, 2.45) is 11.0 Å². The van der Waals surface area contributed by atoms with Crippen molar-refractivity contribution in [2.45, 2.75) is 27.2 Å². The van der Waals surface area contributed by atoms with E-state index < -0.39 is 5.91 Å². The molecule has 0 aliphatic heterocycles. The van der Waals surface area contributed by atoms with Crippen LogP contribution < -0.4 is 15.5 Å². The zero-order chi connectivity index (χ0) is 21.4. The minimum atomic E-state index is -0.412. The molecule has 0 atom stereocenters. The van der Waals surface area contributed by atoms with E-state index in [9.17, 15) is 14.4 Å². The van der Waals surface area contributed by atoms with Crippen molar-refractivity contribution in [3.63, 3.8) is 0 Å². The number of carbonyl (C=O) groups is 3. The molecular weight excluding hydrogens is 438 g/mol. The fourth-order valence-corrected chi connectivity index (χ4v) is 2.50. The molecular formula is C21H22BrN3O4. The van der Waals surface area contributed by atoms with Gasteiger partial charge in [0.25, 0.3) is 5.91 Å². The highest BCUT2D eigenvalue weighted by Crippen LogP contribution is 2.22. The molecule has 0 saturated heterocycles. The van der Waals surface area contributed by atoms with Gasteiger partial charge in [-0.2, -0.15) is 5.10 Å². The molecule has 7 nitrogen and oxygen atoms in total. The maximum absolute atomic E-state index is 12.2. The molecule has 2 amide bonds. The van der Waals surface area contributed by atoms with E-state index in [0.717, 1.165) is 4.47 Å². The van der Waals surface area contributed by atoms with Crippen molar-refractivity contribution >= 4 is 45.6 Å². The SMILES string of the molecule is CCC(=O)Nc1ccc(C(=O)N/N=C\c2cc(Br)ccc2OC(=O)C(C)C)cc1. The van der Waals surface area contributed by atoms with Gasteiger partial charge in [0, 0.05) is 27.7 Å². The molecule has 2 aromatic carbocycles. The molecule has 8 heteroatoms. The second-order valence-corrected chi connectivity index (χ2v) is 7.35. The molecule has 0 aromatic heterocycles. The maximum Gasteiger partial charge on any atom is 0.313 e. The quantitative estimate of drug-likeness (QED) is 0.281. The van der Waals surface area contributed by atoms with Crippen LogP contribution in [-0.4, -0.2) is 24.0 Å². The second-order valence-electron chi connectivity index (χ2n) is 6.44. The number of halogens is 1. The van der Waals surface area contributed by atoms with E-state index in [2.05, 4.69) is 31.8 Å². The molecule has 0 bridgehead atoms. The van der Waals surface area contributed by atoms with Crippen LogP contribution in [0.4, 0.5) is 5.69 Å². The maximum atomic E-state index is 12.2. The predicted octanol–water partition coefficient (Wildman–Crippen LogP) is 4.12. The van der Waals surface area contributed by atoms with Crippen LogP contribution in [0.2, 0.25) is 0 Å². The van der Waals surface area contributed by atoms with Crippen LogP contribution in [-0.2, 0) is 9.59 Å². The Balaban J connectivity index is 2.05. The van der Waals surface area contributed by atoms with Crippen LogP contribution >= 0.6 is 15.9 Å². The molecule has 29 heavy (non-hydrogen) atoms. The number of benzene rings is 2. The van der Waals surface area contributed by atoms with Gasteiger partial charge in [-0.3, -0.25) is 14.4 Å². The Labute approximate surface area is 177 Å². The Kier molecular flexibility index (Phi) is 8.09. The third-order valence-corrected chi connectivity index (χ3v) is 4.27. The van der Waals surface area contributed by atoms with E-state index in [1.165, 1.54) is 6.21 Å². The molecule has 0 spiro atoms. The Morgan fingerprint density at radius 1 is 1.14 bits per heavy atom. The van der Waals surface area contributed by atoms with Gasteiger partial charge in [-0.1, -0.05) is 36.7 Å². The second kappa shape index (κ2) is 10.5. The average Bonchev–Trinajstić information content (AvgIpc) is 2.70. The molecule has 0 unspecified atom stereocenters. The number of ether oxygens (including phenoxy) is 1. The van der Waals surface area contributed by atoms with Crippen LogP contribution in [0.25, 0.3) is 0 Å². The van der Waals surface area contributed by atoms with Gasteiger partial charge in [-0.25, -0.2) is 5.43 Å². The monoisotopic (exact) mass is 459 g/mol. The van der Waals surface area contributed by atoms with Gasteiger partial charge in [0.15, 0.2) is 0 Å². The number of nitrogens with zero attached hydrogens (tertiary/aromatic N) is 1. The van der Waals surface area contributed by atoms with Gasteiger partial charge in [-0.15, -0.1) is 0 Å². The summed E-state index contributed by atoms with van der Waals surface area (Å²) < 4.78 is 6.14. The summed E-state index contributed by atoms with van der Waals surface area (Å²) in [5, 5.41) is 6.66. The van der Waals surface area contributed by atoms with Gasteiger partial charge < -0.3 is 10.1 Å². The molecule has 0 saturated carbocycles. The lowest BCUT2D eigenvalue weighted by Gasteiger charge is -2.09. The Morgan fingerprint density at radius 3 is 2.45 bits per heavy atom. The summed E-state index contributed by atoms with van der Waals surface area (Å²) in [7, 11) is 0. The van der Waals surface area contributed by atoms with E-state index in [4.69, 9.17) is 4.74 Å². The number of hydrogen-bond acceptors (Lipinski definition) is 5. The van der Waals surface area contributed by atoms with Gasteiger partial charge in [-0.05, 0) is 42.5 Å². The van der Waals surface area contributed by atoms with Gasteiger partial charge >= 0.3 is 5.97 Å². The third kappa shape index (κ3) is 6.83. The Bertz CT molecular complexity index is 924. The molecule has 2 rings (SSSR count). The summed E-state index contributed by atoms with van der Waals surface area (Å²) in [5.74, 6) is -0.796. The summed E-state index contributed by atoms with van der Waals surface area (Å²) in [5.41, 5.74) is 3.96.